The number of amides is 1. The molecule has 0 saturated carbocycles. The Labute approximate surface area is 177 Å². The normalized spacial score (nSPS) is 10.5. The lowest BCUT2D eigenvalue weighted by Crippen LogP contribution is -2.40. The van der Waals surface area contributed by atoms with Crippen molar-refractivity contribution in [2.24, 2.45) is 0 Å². The second-order valence-corrected chi connectivity index (χ2v) is 7.58. The molecule has 29 heavy (non-hydrogen) atoms. The number of halogens is 1. The molecule has 0 atom stereocenters. The van der Waals surface area contributed by atoms with Crippen LogP contribution in [0.3, 0.4) is 0 Å². The first-order chi connectivity index (χ1) is 14.2. The van der Waals surface area contributed by atoms with Crippen molar-refractivity contribution in [3.8, 4) is 22.1 Å². The molecule has 0 aliphatic carbocycles. The Balaban J connectivity index is 1.46. The summed E-state index contributed by atoms with van der Waals surface area (Å²) < 4.78 is 7.60. The van der Waals surface area contributed by atoms with E-state index in [1.54, 1.807) is 40.4 Å². The number of anilines is 1. The second kappa shape index (κ2) is 8.86. The molecule has 5 nitrogen and oxygen atoms in total. The SMILES string of the molecule is O=C(C[n+]1ccc(-c2cccs2)nc1)Nc1cc(Cl)ccc1Oc1ccccc1. The van der Waals surface area contributed by atoms with Crippen LogP contribution in [0.2, 0.25) is 5.02 Å². The van der Waals surface area contributed by atoms with Gasteiger partial charge in [-0.25, -0.2) is 4.57 Å². The van der Waals surface area contributed by atoms with Crippen LogP contribution in [0.5, 0.6) is 11.5 Å². The third-order valence-electron chi connectivity index (χ3n) is 4.06. The number of carbonyl (C=O) groups excluding carboxylic acids is 1. The summed E-state index contributed by atoms with van der Waals surface area (Å²) in [6.45, 7) is 0.120. The van der Waals surface area contributed by atoms with Gasteiger partial charge in [0.2, 0.25) is 0 Å². The first-order valence-corrected chi connectivity index (χ1v) is 10.1. The van der Waals surface area contributed by atoms with Crippen molar-refractivity contribution in [2.45, 2.75) is 6.54 Å². The summed E-state index contributed by atoms with van der Waals surface area (Å²) in [6.07, 6.45) is 3.48. The average molecular weight is 423 g/mol. The van der Waals surface area contributed by atoms with Crippen LogP contribution >= 0.6 is 22.9 Å². The monoisotopic (exact) mass is 422 g/mol. The molecule has 0 spiro atoms. The van der Waals surface area contributed by atoms with Crippen LogP contribution in [-0.2, 0) is 11.3 Å². The molecule has 0 aliphatic rings. The fourth-order valence-electron chi connectivity index (χ4n) is 2.71. The molecule has 0 aliphatic heterocycles. The van der Waals surface area contributed by atoms with Crippen molar-refractivity contribution in [1.82, 2.24) is 4.98 Å². The summed E-state index contributed by atoms with van der Waals surface area (Å²) >= 11 is 7.73. The van der Waals surface area contributed by atoms with Gasteiger partial charge in [0, 0.05) is 11.1 Å². The number of carbonyl (C=O) groups is 1. The summed E-state index contributed by atoms with van der Waals surface area (Å²) in [4.78, 5) is 18.1. The lowest BCUT2D eigenvalue weighted by atomic mass is 10.2. The number of rotatable bonds is 6. The fraction of sp³-hybridized carbons (Fsp3) is 0.0455. The van der Waals surface area contributed by atoms with E-state index in [-0.39, 0.29) is 12.5 Å². The molecule has 144 valence electrons. The van der Waals surface area contributed by atoms with Crippen LogP contribution in [0.15, 0.2) is 84.6 Å². The quantitative estimate of drug-likeness (QED) is 0.435. The fourth-order valence-corrected chi connectivity index (χ4v) is 3.58. The molecule has 0 saturated heterocycles. The van der Waals surface area contributed by atoms with Gasteiger partial charge in [0.15, 0.2) is 18.0 Å². The van der Waals surface area contributed by atoms with Gasteiger partial charge < -0.3 is 10.1 Å². The summed E-state index contributed by atoms with van der Waals surface area (Å²) in [5.74, 6) is 0.985. The number of thiophene rings is 1. The molecule has 4 rings (SSSR count). The highest BCUT2D eigenvalue weighted by Crippen LogP contribution is 2.32. The molecule has 2 aromatic heterocycles. The van der Waals surface area contributed by atoms with Gasteiger partial charge >= 0.3 is 0 Å². The van der Waals surface area contributed by atoms with Gasteiger partial charge in [-0.3, -0.25) is 4.79 Å². The van der Waals surface area contributed by atoms with Crippen molar-refractivity contribution in [1.29, 1.82) is 0 Å². The van der Waals surface area contributed by atoms with E-state index in [0.717, 1.165) is 10.6 Å². The first kappa shape index (κ1) is 19.1. The zero-order chi connectivity index (χ0) is 20.1. The topological polar surface area (TPSA) is 55.1 Å². The van der Waals surface area contributed by atoms with E-state index < -0.39 is 0 Å². The number of hydrogen-bond acceptors (Lipinski definition) is 4. The maximum absolute atomic E-state index is 12.6. The summed E-state index contributed by atoms with van der Waals surface area (Å²) in [5.41, 5.74) is 1.39. The third kappa shape index (κ3) is 4.99. The maximum Gasteiger partial charge on any atom is 0.287 e. The molecule has 0 radical (unpaired) electrons. The largest absolute Gasteiger partial charge is 0.455 e. The van der Waals surface area contributed by atoms with Crippen molar-refractivity contribution in [2.75, 3.05) is 5.32 Å². The highest BCUT2D eigenvalue weighted by Gasteiger charge is 2.14. The van der Waals surface area contributed by atoms with Gasteiger partial charge in [0.1, 0.15) is 5.75 Å². The minimum Gasteiger partial charge on any atom is -0.455 e. The lowest BCUT2D eigenvalue weighted by molar-refractivity contribution is -0.686. The summed E-state index contributed by atoms with van der Waals surface area (Å²) in [5, 5.41) is 5.38. The van der Waals surface area contributed by atoms with E-state index >= 15 is 0 Å². The minimum absolute atomic E-state index is 0.120. The van der Waals surface area contributed by atoms with Crippen molar-refractivity contribution in [3.05, 3.63) is 89.7 Å². The van der Waals surface area contributed by atoms with Crippen LogP contribution in [0.4, 0.5) is 5.69 Å². The highest BCUT2D eigenvalue weighted by molar-refractivity contribution is 7.13. The minimum atomic E-state index is -0.208. The molecule has 0 fully saturated rings. The number of para-hydroxylation sites is 1. The Morgan fingerprint density at radius 2 is 1.97 bits per heavy atom. The number of nitrogens with one attached hydrogen (secondary N) is 1. The standard InChI is InChI=1S/C22H16ClN3O2S/c23-16-8-9-20(28-17-5-2-1-3-6-17)19(13-16)25-22(27)14-26-11-10-18(24-15-26)21-7-4-12-29-21/h1-13,15H,14H2/p+1. The van der Waals surface area contributed by atoms with Crippen LogP contribution < -0.4 is 14.6 Å². The molecule has 2 heterocycles. The van der Waals surface area contributed by atoms with Crippen LogP contribution in [0.25, 0.3) is 10.6 Å². The number of nitrogens with zero attached hydrogens (tertiary/aromatic N) is 2. The van der Waals surface area contributed by atoms with Crippen LogP contribution in [-0.4, -0.2) is 10.9 Å². The number of aromatic nitrogens is 2. The lowest BCUT2D eigenvalue weighted by Gasteiger charge is -2.12. The van der Waals surface area contributed by atoms with Crippen molar-refractivity contribution in [3.63, 3.8) is 0 Å². The number of ether oxygens (including phenoxy) is 1. The van der Waals surface area contributed by atoms with E-state index in [9.17, 15) is 4.79 Å². The summed E-state index contributed by atoms with van der Waals surface area (Å²) in [7, 11) is 0. The van der Waals surface area contributed by atoms with Gasteiger partial charge in [-0.05, 0) is 46.8 Å². The Morgan fingerprint density at radius 1 is 1.10 bits per heavy atom. The zero-order valence-corrected chi connectivity index (χ0v) is 16.9. The van der Waals surface area contributed by atoms with Crippen LogP contribution in [0.1, 0.15) is 0 Å². The molecule has 2 aromatic carbocycles. The molecule has 0 bridgehead atoms. The van der Waals surface area contributed by atoms with E-state index in [0.29, 0.717) is 22.2 Å². The number of benzene rings is 2. The molecular formula is C22H17ClN3O2S+. The Morgan fingerprint density at radius 3 is 2.69 bits per heavy atom. The highest BCUT2D eigenvalue weighted by atomic mass is 35.5. The van der Waals surface area contributed by atoms with Gasteiger partial charge in [-0.2, -0.15) is 0 Å². The smallest absolute Gasteiger partial charge is 0.287 e. The molecule has 7 heteroatoms. The van der Waals surface area contributed by atoms with Crippen molar-refractivity contribution < 1.29 is 14.1 Å². The van der Waals surface area contributed by atoms with E-state index in [1.807, 2.05) is 60.1 Å². The van der Waals surface area contributed by atoms with Gasteiger partial charge in [-0.1, -0.05) is 35.9 Å². The molecule has 4 aromatic rings. The van der Waals surface area contributed by atoms with Gasteiger partial charge in [0.05, 0.1) is 16.8 Å². The molecular weight excluding hydrogens is 406 g/mol. The second-order valence-electron chi connectivity index (χ2n) is 6.20. The molecule has 1 amide bonds. The van der Waals surface area contributed by atoms with E-state index in [2.05, 4.69) is 10.3 Å². The Kier molecular flexibility index (Phi) is 5.84. The molecule has 0 unspecified atom stereocenters. The number of hydrogen-bond donors (Lipinski definition) is 1. The van der Waals surface area contributed by atoms with Gasteiger partial charge in [-0.15, -0.1) is 11.3 Å². The van der Waals surface area contributed by atoms with Gasteiger partial charge in [0.25, 0.3) is 12.2 Å². The Hall–Kier alpha value is -3.22. The van der Waals surface area contributed by atoms with Crippen molar-refractivity contribution >= 4 is 34.5 Å². The average Bonchev–Trinajstić information content (AvgIpc) is 3.26. The predicted octanol–water partition coefficient (Wildman–Crippen LogP) is 5.18. The maximum atomic E-state index is 12.6. The van der Waals surface area contributed by atoms with E-state index in [1.165, 1.54) is 0 Å². The summed E-state index contributed by atoms with van der Waals surface area (Å²) in [6, 6.07) is 20.4. The van der Waals surface area contributed by atoms with E-state index in [4.69, 9.17) is 16.3 Å². The zero-order valence-electron chi connectivity index (χ0n) is 15.3. The first-order valence-electron chi connectivity index (χ1n) is 8.89. The Bertz CT molecular complexity index is 1100. The molecule has 1 N–H and O–H groups in total. The predicted molar refractivity (Wildman–Crippen MR) is 114 cm³/mol. The van der Waals surface area contributed by atoms with Crippen LogP contribution in [0, 0.1) is 0 Å². The third-order valence-corrected chi connectivity index (χ3v) is 5.18.